The Morgan fingerprint density at radius 1 is 1.54 bits per heavy atom. The SMILES string of the molecule is CCOC(=O)[C@H]1CC[C@](C)(O)CC1. The van der Waals surface area contributed by atoms with Crippen LogP contribution >= 0.6 is 0 Å². The quantitative estimate of drug-likeness (QED) is 0.665. The second kappa shape index (κ2) is 4.09. The van der Waals surface area contributed by atoms with Crippen molar-refractivity contribution in [3.8, 4) is 0 Å². The highest BCUT2D eigenvalue weighted by Crippen LogP contribution is 2.32. The molecule has 0 atom stereocenters. The minimum absolute atomic E-state index is 0.0141. The van der Waals surface area contributed by atoms with E-state index in [1.807, 2.05) is 13.8 Å². The van der Waals surface area contributed by atoms with Crippen LogP contribution in [0.25, 0.3) is 0 Å². The van der Waals surface area contributed by atoms with E-state index < -0.39 is 5.60 Å². The third-order valence-electron chi connectivity index (χ3n) is 2.68. The van der Waals surface area contributed by atoms with E-state index in [1.54, 1.807) is 0 Å². The summed E-state index contributed by atoms with van der Waals surface area (Å²) in [6.45, 7) is 4.09. The van der Waals surface area contributed by atoms with Gasteiger partial charge in [0.25, 0.3) is 0 Å². The average molecular weight is 186 g/mol. The molecule has 1 saturated carbocycles. The van der Waals surface area contributed by atoms with Crippen LogP contribution in [0.2, 0.25) is 0 Å². The molecule has 0 spiro atoms. The molecule has 0 heterocycles. The minimum atomic E-state index is -0.566. The first-order chi connectivity index (χ1) is 6.05. The molecule has 1 fully saturated rings. The van der Waals surface area contributed by atoms with Gasteiger partial charge in [0.1, 0.15) is 0 Å². The molecule has 0 bridgehead atoms. The van der Waals surface area contributed by atoms with Crippen molar-refractivity contribution in [3.05, 3.63) is 0 Å². The first kappa shape index (κ1) is 10.5. The number of rotatable bonds is 2. The number of hydrogen-bond acceptors (Lipinski definition) is 3. The van der Waals surface area contributed by atoms with Crippen LogP contribution < -0.4 is 0 Å². The summed E-state index contributed by atoms with van der Waals surface area (Å²) in [5.74, 6) is -0.0850. The molecule has 0 saturated heterocycles. The first-order valence-corrected chi connectivity index (χ1v) is 4.94. The Morgan fingerprint density at radius 3 is 2.54 bits per heavy atom. The summed E-state index contributed by atoms with van der Waals surface area (Å²) in [5.41, 5.74) is -0.566. The van der Waals surface area contributed by atoms with Gasteiger partial charge in [-0.05, 0) is 39.5 Å². The summed E-state index contributed by atoms with van der Waals surface area (Å²) < 4.78 is 4.93. The molecule has 0 unspecified atom stereocenters. The van der Waals surface area contributed by atoms with Gasteiger partial charge in [-0.25, -0.2) is 0 Å². The Morgan fingerprint density at radius 2 is 2.08 bits per heavy atom. The van der Waals surface area contributed by atoms with Gasteiger partial charge in [0.15, 0.2) is 0 Å². The third-order valence-corrected chi connectivity index (χ3v) is 2.68. The fraction of sp³-hybridized carbons (Fsp3) is 0.900. The van der Waals surface area contributed by atoms with E-state index in [4.69, 9.17) is 4.74 Å². The number of aliphatic hydroxyl groups is 1. The highest BCUT2D eigenvalue weighted by Gasteiger charge is 2.32. The van der Waals surface area contributed by atoms with Gasteiger partial charge in [0.2, 0.25) is 0 Å². The van der Waals surface area contributed by atoms with Crippen LogP contribution in [0.1, 0.15) is 39.5 Å². The van der Waals surface area contributed by atoms with Gasteiger partial charge in [-0.3, -0.25) is 4.79 Å². The molecule has 1 aliphatic rings. The largest absolute Gasteiger partial charge is 0.466 e. The molecule has 0 aromatic rings. The monoisotopic (exact) mass is 186 g/mol. The van der Waals surface area contributed by atoms with E-state index in [9.17, 15) is 9.90 Å². The molecule has 3 nitrogen and oxygen atoms in total. The maximum absolute atomic E-state index is 11.3. The van der Waals surface area contributed by atoms with E-state index in [2.05, 4.69) is 0 Å². The van der Waals surface area contributed by atoms with Crippen molar-refractivity contribution in [2.24, 2.45) is 5.92 Å². The summed E-state index contributed by atoms with van der Waals surface area (Å²) in [7, 11) is 0. The Hall–Kier alpha value is -0.570. The molecule has 0 aromatic heterocycles. The normalized spacial score (nSPS) is 34.2. The summed E-state index contributed by atoms with van der Waals surface area (Å²) in [5, 5.41) is 9.65. The summed E-state index contributed by atoms with van der Waals surface area (Å²) >= 11 is 0. The predicted molar refractivity (Wildman–Crippen MR) is 49.2 cm³/mol. The zero-order chi connectivity index (χ0) is 9.90. The number of carbonyl (C=O) groups is 1. The van der Waals surface area contributed by atoms with Gasteiger partial charge in [-0.2, -0.15) is 0 Å². The number of ether oxygens (including phenoxy) is 1. The van der Waals surface area contributed by atoms with Crippen molar-refractivity contribution in [1.29, 1.82) is 0 Å². The lowest BCUT2D eigenvalue weighted by atomic mass is 9.80. The van der Waals surface area contributed by atoms with E-state index in [0.717, 1.165) is 12.8 Å². The van der Waals surface area contributed by atoms with Gasteiger partial charge in [0, 0.05) is 0 Å². The van der Waals surface area contributed by atoms with Crippen molar-refractivity contribution in [1.82, 2.24) is 0 Å². The van der Waals surface area contributed by atoms with Crippen LogP contribution in [0.3, 0.4) is 0 Å². The van der Waals surface area contributed by atoms with Gasteiger partial charge in [-0.1, -0.05) is 0 Å². The predicted octanol–water partition coefficient (Wildman–Crippen LogP) is 1.49. The third kappa shape index (κ3) is 2.99. The van der Waals surface area contributed by atoms with Gasteiger partial charge < -0.3 is 9.84 Å². The fourth-order valence-electron chi connectivity index (χ4n) is 1.74. The molecule has 13 heavy (non-hydrogen) atoms. The number of hydrogen-bond donors (Lipinski definition) is 1. The van der Waals surface area contributed by atoms with E-state index in [0.29, 0.717) is 19.4 Å². The molecule has 3 heteroatoms. The zero-order valence-electron chi connectivity index (χ0n) is 8.38. The molecule has 1 aliphatic carbocycles. The van der Waals surface area contributed by atoms with Crippen molar-refractivity contribution in [2.75, 3.05) is 6.61 Å². The van der Waals surface area contributed by atoms with Gasteiger partial charge >= 0.3 is 5.97 Å². The minimum Gasteiger partial charge on any atom is -0.466 e. The molecule has 0 radical (unpaired) electrons. The Kier molecular flexibility index (Phi) is 3.31. The van der Waals surface area contributed by atoms with Crippen molar-refractivity contribution < 1.29 is 14.6 Å². The topological polar surface area (TPSA) is 46.5 Å². The lowest BCUT2D eigenvalue weighted by Gasteiger charge is -2.31. The van der Waals surface area contributed by atoms with Gasteiger partial charge in [-0.15, -0.1) is 0 Å². The fourth-order valence-corrected chi connectivity index (χ4v) is 1.74. The van der Waals surface area contributed by atoms with E-state index in [-0.39, 0.29) is 11.9 Å². The van der Waals surface area contributed by atoms with Crippen LogP contribution in [0.15, 0.2) is 0 Å². The van der Waals surface area contributed by atoms with Gasteiger partial charge in [0.05, 0.1) is 18.1 Å². The average Bonchev–Trinajstić information content (AvgIpc) is 2.04. The summed E-state index contributed by atoms with van der Waals surface area (Å²) in [4.78, 5) is 11.3. The Labute approximate surface area is 79.1 Å². The van der Waals surface area contributed by atoms with Crippen LogP contribution in [0.5, 0.6) is 0 Å². The zero-order valence-corrected chi connectivity index (χ0v) is 8.38. The van der Waals surface area contributed by atoms with Crippen molar-refractivity contribution >= 4 is 5.97 Å². The smallest absolute Gasteiger partial charge is 0.308 e. The van der Waals surface area contributed by atoms with E-state index >= 15 is 0 Å². The molecule has 0 aromatic carbocycles. The maximum Gasteiger partial charge on any atom is 0.308 e. The van der Waals surface area contributed by atoms with Crippen LogP contribution in [-0.2, 0) is 9.53 Å². The highest BCUT2D eigenvalue weighted by molar-refractivity contribution is 5.72. The van der Waals surface area contributed by atoms with Crippen molar-refractivity contribution in [3.63, 3.8) is 0 Å². The lowest BCUT2D eigenvalue weighted by Crippen LogP contribution is -2.33. The highest BCUT2D eigenvalue weighted by atomic mass is 16.5. The summed E-state index contributed by atoms with van der Waals surface area (Å²) in [6.07, 6.45) is 2.92. The number of carbonyl (C=O) groups excluding carboxylic acids is 1. The van der Waals surface area contributed by atoms with Crippen LogP contribution in [0, 0.1) is 5.92 Å². The molecule has 1 rings (SSSR count). The molecule has 76 valence electrons. The van der Waals surface area contributed by atoms with Crippen LogP contribution in [0.4, 0.5) is 0 Å². The number of esters is 1. The molecule has 0 amide bonds. The second-order valence-electron chi connectivity index (χ2n) is 4.02. The summed E-state index contributed by atoms with van der Waals surface area (Å²) in [6, 6.07) is 0. The van der Waals surface area contributed by atoms with Crippen molar-refractivity contribution in [2.45, 2.75) is 45.1 Å². The van der Waals surface area contributed by atoms with E-state index in [1.165, 1.54) is 0 Å². The standard InChI is InChI=1S/C10H18O3/c1-3-13-9(11)8-4-6-10(2,12)7-5-8/h8,12H,3-7H2,1-2H3/t8-,10-. The molecular formula is C10H18O3. The maximum atomic E-state index is 11.3. The van der Waals surface area contributed by atoms with Crippen LogP contribution in [-0.4, -0.2) is 23.3 Å². The second-order valence-corrected chi connectivity index (χ2v) is 4.02. The Bertz CT molecular complexity index is 177. The molecule has 1 N–H and O–H groups in total. The first-order valence-electron chi connectivity index (χ1n) is 4.94. The molecule has 0 aliphatic heterocycles. The molecular weight excluding hydrogens is 168 g/mol. The lowest BCUT2D eigenvalue weighted by molar-refractivity contribution is -0.150. The Balaban J connectivity index is 2.36.